The maximum Gasteiger partial charge on any atom is 0.341 e. The molecule has 2 aromatic carbocycles. The summed E-state index contributed by atoms with van der Waals surface area (Å²) in [6.45, 7) is -0.338. The van der Waals surface area contributed by atoms with E-state index in [0.717, 1.165) is 11.4 Å². The van der Waals surface area contributed by atoms with Crippen LogP contribution >= 0.6 is 0 Å². The fraction of sp³-hybridized carbons (Fsp3) is 0.0714. The molecule has 0 saturated heterocycles. The molecule has 0 atom stereocenters. The first-order chi connectivity index (χ1) is 9.24. The lowest BCUT2D eigenvalue weighted by Gasteiger charge is -2.10. The minimum absolute atomic E-state index is 0.338. The maximum absolute atomic E-state index is 10.4. The standard InChI is InChI=1S/C14H14N2O3/c17-14(18)10-19-13-8-6-12(7-9-13)16-15-11-4-2-1-3-5-11/h1-9,15-16H,10H2,(H,17,18). The lowest BCUT2D eigenvalue weighted by atomic mass is 10.3. The quantitative estimate of drug-likeness (QED) is 0.695. The number of benzene rings is 2. The number of rotatable bonds is 6. The van der Waals surface area contributed by atoms with Crippen molar-refractivity contribution in [2.75, 3.05) is 17.5 Å². The Morgan fingerprint density at radius 1 is 0.947 bits per heavy atom. The zero-order valence-corrected chi connectivity index (χ0v) is 10.2. The molecule has 0 heterocycles. The molecule has 5 heteroatoms. The molecular weight excluding hydrogens is 244 g/mol. The molecular formula is C14H14N2O3. The van der Waals surface area contributed by atoms with Gasteiger partial charge in [0.15, 0.2) is 6.61 Å². The minimum Gasteiger partial charge on any atom is -0.482 e. The molecule has 0 saturated carbocycles. The van der Waals surface area contributed by atoms with Crippen molar-refractivity contribution in [2.45, 2.75) is 0 Å². The van der Waals surface area contributed by atoms with Crippen molar-refractivity contribution in [3.63, 3.8) is 0 Å². The molecule has 2 aromatic rings. The van der Waals surface area contributed by atoms with Crippen LogP contribution in [0.5, 0.6) is 5.75 Å². The van der Waals surface area contributed by atoms with Crippen LogP contribution in [-0.2, 0) is 4.79 Å². The molecule has 3 N–H and O–H groups in total. The average molecular weight is 258 g/mol. The van der Waals surface area contributed by atoms with Gasteiger partial charge in [-0.1, -0.05) is 18.2 Å². The summed E-state index contributed by atoms with van der Waals surface area (Å²) in [5.74, 6) is -0.472. The zero-order chi connectivity index (χ0) is 13.5. The van der Waals surface area contributed by atoms with Crippen molar-refractivity contribution < 1.29 is 14.6 Å². The summed E-state index contributed by atoms with van der Waals surface area (Å²) in [4.78, 5) is 10.4. The third-order valence-corrected chi connectivity index (χ3v) is 2.34. The molecule has 98 valence electrons. The molecule has 19 heavy (non-hydrogen) atoms. The van der Waals surface area contributed by atoms with Crippen LogP contribution in [0.3, 0.4) is 0 Å². The fourth-order valence-electron chi connectivity index (χ4n) is 1.45. The largest absolute Gasteiger partial charge is 0.482 e. The Morgan fingerprint density at radius 2 is 1.53 bits per heavy atom. The summed E-state index contributed by atoms with van der Waals surface area (Å²) in [7, 11) is 0. The van der Waals surface area contributed by atoms with Crippen LogP contribution in [0.1, 0.15) is 0 Å². The number of carboxylic acids is 1. The summed E-state index contributed by atoms with van der Waals surface area (Å²) in [6.07, 6.45) is 0. The third-order valence-electron chi connectivity index (χ3n) is 2.34. The van der Waals surface area contributed by atoms with Gasteiger partial charge >= 0.3 is 5.97 Å². The molecule has 0 amide bonds. The van der Waals surface area contributed by atoms with Gasteiger partial charge in [0.1, 0.15) is 5.75 Å². The van der Waals surface area contributed by atoms with Gasteiger partial charge in [0.2, 0.25) is 0 Å². The van der Waals surface area contributed by atoms with Gasteiger partial charge in [-0.15, -0.1) is 0 Å². The van der Waals surface area contributed by atoms with Gasteiger partial charge in [0.25, 0.3) is 0 Å². The highest BCUT2D eigenvalue weighted by Gasteiger charge is 1.99. The Bertz CT molecular complexity index is 526. The number of para-hydroxylation sites is 1. The lowest BCUT2D eigenvalue weighted by Crippen LogP contribution is -2.10. The monoisotopic (exact) mass is 258 g/mol. The van der Waals surface area contributed by atoms with Crippen LogP contribution in [0.25, 0.3) is 0 Å². The van der Waals surface area contributed by atoms with Gasteiger partial charge in [-0.05, 0) is 36.4 Å². The molecule has 0 bridgehead atoms. The molecule has 0 radical (unpaired) electrons. The lowest BCUT2D eigenvalue weighted by molar-refractivity contribution is -0.139. The average Bonchev–Trinajstić information content (AvgIpc) is 2.45. The van der Waals surface area contributed by atoms with Crippen LogP contribution in [0, 0.1) is 0 Å². The Morgan fingerprint density at radius 3 is 2.11 bits per heavy atom. The van der Waals surface area contributed by atoms with Crippen molar-refractivity contribution >= 4 is 17.3 Å². The Balaban J connectivity index is 1.86. The second-order valence-corrected chi connectivity index (χ2v) is 3.82. The van der Waals surface area contributed by atoms with Gasteiger partial charge in [0, 0.05) is 0 Å². The SMILES string of the molecule is O=C(O)COc1ccc(NNc2ccccc2)cc1. The molecule has 0 spiro atoms. The molecule has 0 aromatic heterocycles. The molecule has 5 nitrogen and oxygen atoms in total. The first kappa shape index (κ1) is 12.8. The number of hydrogen-bond acceptors (Lipinski definition) is 4. The van der Waals surface area contributed by atoms with Crippen molar-refractivity contribution in [1.82, 2.24) is 0 Å². The zero-order valence-electron chi connectivity index (χ0n) is 10.2. The van der Waals surface area contributed by atoms with E-state index in [9.17, 15) is 4.79 Å². The molecule has 0 unspecified atom stereocenters. The molecule has 0 fully saturated rings. The van der Waals surface area contributed by atoms with E-state index in [4.69, 9.17) is 9.84 Å². The highest BCUT2D eigenvalue weighted by atomic mass is 16.5. The number of hydrazine groups is 1. The van der Waals surface area contributed by atoms with Crippen molar-refractivity contribution in [2.24, 2.45) is 0 Å². The fourth-order valence-corrected chi connectivity index (χ4v) is 1.45. The van der Waals surface area contributed by atoms with E-state index in [1.807, 2.05) is 30.3 Å². The van der Waals surface area contributed by atoms with Gasteiger partial charge < -0.3 is 20.7 Å². The number of ether oxygens (including phenoxy) is 1. The summed E-state index contributed by atoms with van der Waals surface area (Å²) >= 11 is 0. The van der Waals surface area contributed by atoms with E-state index in [0.29, 0.717) is 5.75 Å². The van der Waals surface area contributed by atoms with E-state index >= 15 is 0 Å². The number of aliphatic carboxylic acids is 1. The third kappa shape index (κ3) is 4.23. The van der Waals surface area contributed by atoms with E-state index in [-0.39, 0.29) is 6.61 Å². The van der Waals surface area contributed by atoms with Crippen LogP contribution in [0.15, 0.2) is 54.6 Å². The van der Waals surface area contributed by atoms with Crippen molar-refractivity contribution in [3.8, 4) is 5.75 Å². The number of anilines is 2. The molecule has 0 aliphatic carbocycles. The Labute approximate surface area is 110 Å². The highest BCUT2D eigenvalue weighted by molar-refractivity contribution is 5.68. The number of hydrogen-bond donors (Lipinski definition) is 3. The van der Waals surface area contributed by atoms with Gasteiger partial charge in [-0.25, -0.2) is 4.79 Å². The van der Waals surface area contributed by atoms with E-state index in [1.54, 1.807) is 24.3 Å². The molecule has 0 aliphatic heterocycles. The predicted octanol–water partition coefficient (Wildman–Crippen LogP) is 2.59. The predicted molar refractivity (Wildman–Crippen MR) is 73.3 cm³/mol. The summed E-state index contributed by atoms with van der Waals surface area (Å²) in [5, 5.41) is 8.49. The summed E-state index contributed by atoms with van der Waals surface area (Å²) < 4.78 is 5.04. The maximum atomic E-state index is 10.4. The summed E-state index contributed by atoms with van der Waals surface area (Å²) in [6, 6.07) is 16.7. The Kier molecular flexibility index (Phi) is 4.23. The van der Waals surface area contributed by atoms with Crippen LogP contribution in [-0.4, -0.2) is 17.7 Å². The number of carbonyl (C=O) groups is 1. The van der Waals surface area contributed by atoms with E-state index < -0.39 is 5.97 Å². The Hall–Kier alpha value is -2.69. The molecule has 2 rings (SSSR count). The van der Waals surface area contributed by atoms with Crippen LogP contribution < -0.4 is 15.6 Å². The summed E-state index contributed by atoms with van der Waals surface area (Å²) in [5.41, 5.74) is 7.88. The number of carboxylic acid groups (broad SMARTS) is 1. The highest BCUT2D eigenvalue weighted by Crippen LogP contribution is 2.16. The van der Waals surface area contributed by atoms with Crippen LogP contribution in [0.2, 0.25) is 0 Å². The van der Waals surface area contributed by atoms with Gasteiger partial charge in [0.05, 0.1) is 11.4 Å². The first-order valence-electron chi connectivity index (χ1n) is 5.76. The van der Waals surface area contributed by atoms with Crippen molar-refractivity contribution in [3.05, 3.63) is 54.6 Å². The topological polar surface area (TPSA) is 70.6 Å². The first-order valence-corrected chi connectivity index (χ1v) is 5.76. The van der Waals surface area contributed by atoms with Gasteiger partial charge in [-0.3, -0.25) is 0 Å². The van der Waals surface area contributed by atoms with Crippen LogP contribution in [0.4, 0.5) is 11.4 Å². The van der Waals surface area contributed by atoms with Gasteiger partial charge in [-0.2, -0.15) is 0 Å². The number of nitrogens with one attached hydrogen (secondary N) is 2. The van der Waals surface area contributed by atoms with E-state index in [1.165, 1.54) is 0 Å². The second kappa shape index (κ2) is 6.30. The van der Waals surface area contributed by atoms with E-state index in [2.05, 4.69) is 10.9 Å². The molecule has 0 aliphatic rings. The second-order valence-electron chi connectivity index (χ2n) is 3.82. The normalized spacial score (nSPS) is 9.68. The minimum atomic E-state index is -0.993. The van der Waals surface area contributed by atoms with Crippen molar-refractivity contribution in [1.29, 1.82) is 0 Å². The smallest absolute Gasteiger partial charge is 0.341 e.